The summed E-state index contributed by atoms with van der Waals surface area (Å²) in [5, 5.41) is 10.8. The van der Waals surface area contributed by atoms with E-state index >= 15 is 0 Å². The normalized spacial score (nSPS) is 10.4. The fraction of sp³-hybridized carbons (Fsp3) is 0.250. The maximum absolute atomic E-state index is 12.6. The fourth-order valence-corrected chi connectivity index (χ4v) is 2.58. The van der Waals surface area contributed by atoms with Crippen LogP contribution in [0.5, 0.6) is 11.5 Å². The summed E-state index contributed by atoms with van der Waals surface area (Å²) in [4.78, 5) is 12.6. The third kappa shape index (κ3) is 4.84. The van der Waals surface area contributed by atoms with Crippen molar-refractivity contribution in [1.29, 1.82) is 0 Å². The Hall–Kier alpha value is -3.35. The Morgan fingerprint density at radius 3 is 2.59 bits per heavy atom. The van der Waals surface area contributed by atoms with Crippen LogP contribution in [0.4, 0.5) is 5.69 Å². The van der Waals surface area contributed by atoms with E-state index in [0.29, 0.717) is 36.9 Å². The van der Waals surface area contributed by atoms with E-state index in [9.17, 15) is 4.79 Å². The van der Waals surface area contributed by atoms with E-state index in [1.165, 1.54) is 0 Å². The van der Waals surface area contributed by atoms with Crippen molar-refractivity contribution in [3.8, 4) is 11.5 Å². The van der Waals surface area contributed by atoms with Crippen LogP contribution in [-0.4, -0.2) is 34.1 Å². The van der Waals surface area contributed by atoms with Gasteiger partial charge in [-0.1, -0.05) is 35.5 Å². The molecule has 0 radical (unpaired) electrons. The molecule has 140 valence electrons. The molecule has 1 amide bonds. The third-order valence-corrected chi connectivity index (χ3v) is 3.77. The van der Waals surface area contributed by atoms with Crippen LogP contribution in [0.15, 0.2) is 54.7 Å². The predicted octanol–water partition coefficient (Wildman–Crippen LogP) is 3.38. The highest BCUT2D eigenvalue weighted by Crippen LogP contribution is 2.29. The molecule has 3 aromatic rings. The molecule has 0 spiro atoms. The van der Waals surface area contributed by atoms with Gasteiger partial charge in [0.25, 0.3) is 5.91 Å². The fourth-order valence-electron chi connectivity index (χ4n) is 2.58. The van der Waals surface area contributed by atoms with Crippen molar-refractivity contribution in [2.45, 2.75) is 20.4 Å². The Labute approximate surface area is 157 Å². The lowest BCUT2D eigenvalue weighted by Crippen LogP contribution is -2.13. The average molecular weight is 366 g/mol. The SMILES string of the molecule is CCOc1ccc(OCC)c(NC(=O)c2cn(Cc3ccccc3)nn2)c1. The molecule has 7 nitrogen and oxygen atoms in total. The number of hydrogen-bond donors (Lipinski definition) is 1. The van der Waals surface area contributed by atoms with Crippen LogP contribution in [0.2, 0.25) is 0 Å². The summed E-state index contributed by atoms with van der Waals surface area (Å²) in [7, 11) is 0. The number of carbonyl (C=O) groups is 1. The molecule has 1 aromatic heterocycles. The summed E-state index contributed by atoms with van der Waals surface area (Å²) in [6, 6.07) is 15.2. The number of carbonyl (C=O) groups excluding carboxylic acids is 1. The number of nitrogens with one attached hydrogen (secondary N) is 1. The smallest absolute Gasteiger partial charge is 0.277 e. The number of anilines is 1. The first-order valence-electron chi connectivity index (χ1n) is 8.84. The summed E-state index contributed by atoms with van der Waals surface area (Å²) in [5.41, 5.74) is 1.85. The molecule has 1 N–H and O–H groups in total. The Balaban J connectivity index is 1.74. The van der Waals surface area contributed by atoms with Gasteiger partial charge in [0.05, 0.1) is 31.6 Å². The Bertz CT molecular complexity index is 893. The minimum atomic E-state index is -0.357. The molecule has 1 heterocycles. The molecular formula is C20H22N4O3. The van der Waals surface area contributed by atoms with Crippen LogP contribution in [-0.2, 0) is 6.54 Å². The molecule has 0 unspecified atom stereocenters. The number of ether oxygens (including phenoxy) is 2. The van der Waals surface area contributed by atoms with Crippen molar-refractivity contribution < 1.29 is 14.3 Å². The summed E-state index contributed by atoms with van der Waals surface area (Å²) in [6.45, 7) is 5.36. The maximum Gasteiger partial charge on any atom is 0.277 e. The van der Waals surface area contributed by atoms with Crippen LogP contribution in [0.3, 0.4) is 0 Å². The largest absolute Gasteiger partial charge is 0.494 e. The van der Waals surface area contributed by atoms with Crippen molar-refractivity contribution in [3.05, 3.63) is 66.0 Å². The van der Waals surface area contributed by atoms with Crippen LogP contribution < -0.4 is 14.8 Å². The highest BCUT2D eigenvalue weighted by Gasteiger charge is 2.15. The maximum atomic E-state index is 12.6. The van der Waals surface area contributed by atoms with Gasteiger partial charge >= 0.3 is 0 Å². The summed E-state index contributed by atoms with van der Waals surface area (Å²) < 4.78 is 12.7. The van der Waals surface area contributed by atoms with E-state index in [0.717, 1.165) is 5.56 Å². The van der Waals surface area contributed by atoms with E-state index in [4.69, 9.17) is 9.47 Å². The number of nitrogens with zero attached hydrogens (tertiary/aromatic N) is 3. The molecule has 0 aliphatic rings. The Kier molecular flexibility index (Phi) is 6.04. The minimum Gasteiger partial charge on any atom is -0.494 e. The van der Waals surface area contributed by atoms with Gasteiger partial charge in [-0.15, -0.1) is 5.10 Å². The topological polar surface area (TPSA) is 78.3 Å². The molecule has 0 saturated heterocycles. The number of rotatable bonds is 8. The van der Waals surface area contributed by atoms with E-state index in [-0.39, 0.29) is 11.6 Å². The zero-order chi connectivity index (χ0) is 19.1. The van der Waals surface area contributed by atoms with E-state index < -0.39 is 0 Å². The second-order valence-corrected chi connectivity index (χ2v) is 5.77. The standard InChI is InChI=1S/C20H22N4O3/c1-3-26-16-10-11-19(27-4-2)17(12-16)21-20(25)18-14-24(23-22-18)13-15-8-6-5-7-9-15/h5-12,14H,3-4,13H2,1-2H3,(H,21,25). The predicted molar refractivity (Wildman–Crippen MR) is 102 cm³/mol. The van der Waals surface area contributed by atoms with Gasteiger partial charge in [-0.05, 0) is 31.5 Å². The van der Waals surface area contributed by atoms with Crippen molar-refractivity contribution in [2.75, 3.05) is 18.5 Å². The van der Waals surface area contributed by atoms with Gasteiger partial charge in [0, 0.05) is 6.07 Å². The lowest BCUT2D eigenvalue weighted by Gasteiger charge is -2.12. The van der Waals surface area contributed by atoms with Crippen molar-refractivity contribution in [3.63, 3.8) is 0 Å². The highest BCUT2D eigenvalue weighted by molar-refractivity contribution is 6.03. The van der Waals surface area contributed by atoms with Crippen LogP contribution in [0, 0.1) is 0 Å². The monoisotopic (exact) mass is 366 g/mol. The number of benzene rings is 2. The summed E-state index contributed by atoms with van der Waals surface area (Å²) in [5.74, 6) is 0.874. The molecule has 0 saturated carbocycles. The van der Waals surface area contributed by atoms with Gasteiger partial charge in [-0.2, -0.15) is 0 Å². The summed E-state index contributed by atoms with van der Waals surface area (Å²) >= 11 is 0. The average Bonchev–Trinajstić information content (AvgIpc) is 3.14. The minimum absolute atomic E-state index is 0.232. The number of amides is 1. The van der Waals surface area contributed by atoms with Gasteiger partial charge in [0.2, 0.25) is 0 Å². The number of hydrogen-bond acceptors (Lipinski definition) is 5. The highest BCUT2D eigenvalue weighted by atomic mass is 16.5. The lowest BCUT2D eigenvalue weighted by molar-refractivity contribution is 0.102. The molecular weight excluding hydrogens is 344 g/mol. The lowest BCUT2D eigenvalue weighted by atomic mass is 10.2. The van der Waals surface area contributed by atoms with Crippen LogP contribution in [0.1, 0.15) is 29.9 Å². The molecule has 27 heavy (non-hydrogen) atoms. The first-order chi connectivity index (χ1) is 13.2. The van der Waals surface area contributed by atoms with Gasteiger partial charge in [-0.25, -0.2) is 4.68 Å². The third-order valence-electron chi connectivity index (χ3n) is 3.77. The molecule has 3 rings (SSSR count). The van der Waals surface area contributed by atoms with Gasteiger partial charge < -0.3 is 14.8 Å². The van der Waals surface area contributed by atoms with Gasteiger partial charge in [-0.3, -0.25) is 4.79 Å². The zero-order valence-electron chi connectivity index (χ0n) is 15.4. The quantitative estimate of drug-likeness (QED) is 0.661. The van der Waals surface area contributed by atoms with Crippen molar-refractivity contribution in [1.82, 2.24) is 15.0 Å². The molecule has 0 atom stereocenters. The molecule has 0 aliphatic carbocycles. The van der Waals surface area contributed by atoms with E-state index in [2.05, 4.69) is 15.6 Å². The van der Waals surface area contributed by atoms with Gasteiger partial charge in [0.15, 0.2) is 5.69 Å². The molecule has 7 heteroatoms. The molecule has 0 fully saturated rings. The second-order valence-electron chi connectivity index (χ2n) is 5.77. The Morgan fingerprint density at radius 1 is 1.07 bits per heavy atom. The molecule has 2 aromatic carbocycles. The number of aromatic nitrogens is 3. The second kappa shape index (κ2) is 8.84. The van der Waals surface area contributed by atoms with E-state index in [1.54, 1.807) is 29.1 Å². The summed E-state index contributed by atoms with van der Waals surface area (Å²) in [6.07, 6.45) is 1.62. The van der Waals surface area contributed by atoms with Crippen molar-refractivity contribution >= 4 is 11.6 Å². The van der Waals surface area contributed by atoms with E-state index in [1.807, 2.05) is 44.2 Å². The van der Waals surface area contributed by atoms with Crippen LogP contribution in [0.25, 0.3) is 0 Å². The Morgan fingerprint density at radius 2 is 1.85 bits per heavy atom. The molecule has 0 bridgehead atoms. The zero-order valence-corrected chi connectivity index (χ0v) is 15.4. The first-order valence-corrected chi connectivity index (χ1v) is 8.84. The van der Waals surface area contributed by atoms with Gasteiger partial charge in [0.1, 0.15) is 11.5 Å². The van der Waals surface area contributed by atoms with Crippen LogP contribution >= 0.6 is 0 Å². The van der Waals surface area contributed by atoms with Crippen molar-refractivity contribution in [2.24, 2.45) is 0 Å². The first kappa shape index (κ1) is 18.4. The molecule has 0 aliphatic heterocycles.